The average Bonchev–Trinajstić information content (AvgIpc) is 3.19. The number of halogens is 1. The van der Waals surface area contributed by atoms with Crippen molar-refractivity contribution < 1.29 is 4.74 Å². The molecule has 1 aliphatic rings. The van der Waals surface area contributed by atoms with E-state index in [1.54, 1.807) is 0 Å². The van der Waals surface area contributed by atoms with Gasteiger partial charge in [0.1, 0.15) is 0 Å². The van der Waals surface area contributed by atoms with Crippen molar-refractivity contribution >= 4 is 17.5 Å². The van der Waals surface area contributed by atoms with Crippen molar-refractivity contribution in [1.29, 1.82) is 0 Å². The maximum Gasteiger partial charge on any atom is 0.322 e. The van der Waals surface area contributed by atoms with Gasteiger partial charge in [-0.25, -0.2) is 0 Å². The molecule has 1 heterocycles. The molecule has 0 aromatic carbocycles. The van der Waals surface area contributed by atoms with Crippen LogP contribution in [0.3, 0.4) is 0 Å². The molecule has 1 aromatic rings. The number of ether oxygens (including phenoxy) is 1. The van der Waals surface area contributed by atoms with Gasteiger partial charge in [0.15, 0.2) is 0 Å². The topological polar surface area (TPSA) is 51.1 Å². The molecule has 1 aromatic heterocycles. The van der Waals surface area contributed by atoms with Crippen molar-refractivity contribution in [2.24, 2.45) is 5.92 Å². The van der Waals surface area contributed by atoms with Crippen LogP contribution in [0.1, 0.15) is 39.5 Å². The van der Waals surface area contributed by atoms with E-state index in [2.05, 4.69) is 26.8 Å². The van der Waals surface area contributed by atoms with Crippen LogP contribution < -0.4 is 9.64 Å². The molecule has 0 aliphatic heterocycles. The Morgan fingerprint density at radius 3 is 2.63 bits per heavy atom. The summed E-state index contributed by atoms with van der Waals surface area (Å²) >= 11 is 5.96. The lowest BCUT2D eigenvalue weighted by Gasteiger charge is -2.22. The van der Waals surface area contributed by atoms with Crippen LogP contribution in [0.5, 0.6) is 6.01 Å². The molecule has 19 heavy (non-hydrogen) atoms. The highest BCUT2D eigenvalue weighted by molar-refractivity contribution is 6.28. The molecule has 106 valence electrons. The number of aromatic nitrogens is 3. The van der Waals surface area contributed by atoms with E-state index in [0.29, 0.717) is 18.6 Å². The van der Waals surface area contributed by atoms with E-state index in [4.69, 9.17) is 16.3 Å². The van der Waals surface area contributed by atoms with E-state index < -0.39 is 0 Å². The van der Waals surface area contributed by atoms with Gasteiger partial charge in [0, 0.05) is 13.1 Å². The summed E-state index contributed by atoms with van der Waals surface area (Å²) in [7, 11) is 0. The Morgan fingerprint density at radius 2 is 2.00 bits per heavy atom. The second-order valence-corrected chi connectivity index (χ2v) is 5.26. The van der Waals surface area contributed by atoms with Crippen LogP contribution in [0, 0.1) is 5.92 Å². The van der Waals surface area contributed by atoms with E-state index in [9.17, 15) is 0 Å². The molecule has 1 aliphatic carbocycles. The molecular weight excluding hydrogens is 264 g/mol. The molecule has 0 spiro atoms. The van der Waals surface area contributed by atoms with Gasteiger partial charge in [-0.15, -0.1) is 0 Å². The van der Waals surface area contributed by atoms with Crippen LogP contribution in [-0.4, -0.2) is 34.6 Å². The molecule has 0 N–H and O–H groups in total. The first-order chi connectivity index (χ1) is 9.22. The fourth-order valence-corrected chi connectivity index (χ4v) is 2.02. The van der Waals surface area contributed by atoms with Gasteiger partial charge in [-0.2, -0.15) is 15.0 Å². The van der Waals surface area contributed by atoms with Gasteiger partial charge in [-0.1, -0.05) is 13.8 Å². The van der Waals surface area contributed by atoms with Crippen LogP contribution in [0.2, 0.25) is 5.28 Å². The zero-order valence-electron chi connectivity index (χ0n) is 11.6. The largest absolute Gasteiger partial charge is 0.463 e. The summed E-state index contributed by atoms with van der Waals surface area (Å²) in [5, 5.41) is 0.202. The maximum atomic E-state index is 5.96. The Bertz CT molecular complexity index is 412. The first kappa shape index (κ1) is 14.3. The van der Waals surface area contributed by atoms with Gasteiger partial charge in [0.25, 0.3) is 0 Å². The Labute approximate surface area is 119 Å². The number of nitrogens with zero attached hydrogens (tertiary/aromatic N) is 4. The predicted molar refractivity (Wildman–Crippen MR) is 75.9 cm³/mol. The van der Waals surface area contributed by atoms with Crippen LogP contribution in [0.4, 0.5) is 5.95 Å². The lowest BCUT2D eigenvalue weighted by Crippen LogP contribution is -2.28. The average molecular weight is 285 g/mol. The van der Waals surface area contributed by atoms with E-state index in [-0.39, 0.29) is 5.28 Å². The van der Waals surface area contributed by atoms with Gasteiger partial charge in [-0.05, 0) is 43.2 Å². The van der Waals surface area contributed by atoms with Gasteiger partial charge < -0.3 is 9.64 Å². The Kier molecular flexibility index (Phi) is 5.19. The molecule has 5 nitrogen and oxygen atoms in total. The van der Waals surface area contributed by atoms with Crippen molar-refractivity contribution in [3.05, 3.63) is 5.28 Å². The molecule has 0 bridgehead atoms. The van der Waals surface area contributed by atoms with Crippen LogP contribution in [0.25, 0.3) is 0 Å². The summed E-state index contributed by atoms with van der Waals surface area (Å²) in [6.07, 6.45) is 4.58. The third kappa shape index (κ3) is 4.49. The van der Waals surface area contributed by atoms with E-state index in [1.807, 2.05) is 6.92 Å². The molecule has 0 unspecified atom stereocenters. The smallest absolute Gasteiger partial charge is 0.322 e. The SMILES string of the molecule is CCCOc1nc(Cl)nc(N(CCC)CC2CC2)n1. The molecule has 0 atom stereocenters. The minimum atomic E-state index is 0.202. The van der Waals surface area contributed by atoms with Gasteiger partial charge in [0.2, 0.25) is 11.2 Å². The number of hydrogen-bond acceptors (Lipinski definition) is 5. The summed E-state index contributed by atoms with van der Waals surface area (Å²) < 4.78 is 5.45. The molecule has 1 fully saturated rings. The Morgan fingerprint density at radius 1 is 1.21 bits per heavy atom. The zero-order chi connectivity index (χ0) is 13.7. The van der Waals surface area contributed by atoms with E-state index in [1.165, 1.54) is 12.8 Å². The summed E-state index contributed by atoms with van der Waals surface area (Å²) in [4.78, 5) is 14.8. The number of hydrogen-bond donors (Lipinski definition) is 0. The normalized spacial score (nSPS) is 14.5. The molecule has 0 radical (unpaired) electrons. The summed E-state index contributed by atoms with van der Waals surface area (Å²) in [6.45, 7) is 6.72. The van der Waals surface area contributed by atoms with Gasteiger partial charge in [-0.3, -0.25) is 0 Å². The fourth-order valence-electron chi connectivity index (χ4n) is 1.88. The van der Waals surface area contributed by atoms with Crippen molar-refractivity contribution in [1.82, 2.24) is 15.0 Å². The van der Waals surface area contributed by atoms with Crippen LogP contribution >= 0.6 is 11.6 Å². The molecule has 0 amide bonds. The van der Waals surface area contributed by atoms with Gasteiger partial charge in [0.05, 0.1) is 6.61 Å². The molecular formula is C13H21ClN4O. The third-order valence-electron chi connectivity index (χ3n) is 2.96. The van der Waals surface area contributed by atoms with Crippen LogP contribution in [0.15, 0.2) is 0 Å². The van der Waals surface area contributed by atoms with Crippen LogP contribution in [-0.2, 0) is 0 Å². The quantitative estimate of drug-likeness (QED) is 0.735. The van der Waals surface area contributed by atoms with Crippen molar-refractivity contribution in [3.63, 3.8) is 0 Å². The second-order valence-electron chi connectivity index (χ2n) is 4.92. The minimum Gasteiger partial charge on any atom is -0.463 e. The molecule has 1 saturated carbocycles. The van der Waals surface area contributed by atoms with Crippen molar-refractivity contribution in [2.75, 3.05) is 24.6 Å². The lowest BCUT2D eigenvalue weighted by atomic mass is 10.3. The lowest BCUT2D eigenvalue weighted by molar-refractivity contribution is 0.291. The Balaban J connectivity index is 2.11. The first-order valence-electron chi connectivity index (χ1n) is 7.02. The second kappa shape index (κ2) is 6.89. The van der Waals surface area contributed by atoms with E-state index in [0.717, 1.165) is 31.8 Å². The highest BCUT2D eigenvalue weighted by Crippen LogP contribution is 2.31. The summed E-state index contributed by atoms with van der Waals surface area (Å²) in [5.74, 6) is 1.42. The molecule has 0 saturated heterocycles. The van der Waals surface area contributed by atoms with Crippen molar-refractivity contribution in [3.8, 4) is 6.01 Å². The highest BCUT2D eigenvalue weighted by atomic mass is 35.5. The summed E-state index contributed by atoms with van der Waals surface area (Å²) in [6, 6.07) is 0.328. The zero-order valence-corrected chi connectivity index (χ0v) is 12.4. The summed E-state index contributed by atoms with van der Waals surface area (Å²) in [5.41, 5.74) is 0. The Hall–Kier alpha value is -1.10. The van der Waals surface area contributed by atoms with Gasteiger partial charge >= 0.3 is 6.01 Å². The fraction of sp³-hybridized carbons (Fsp3) is 0.769. The maximum absolute atomic E-state index is 5.96. The molecule has 6 heteroatoms. The van der Waals surface area contributed by atoms with Crippen molar-refractivity contribution in [2.45, 2.75) is 39.5 Å². The minimum absolute atomic E-state index is 0.202. The highest BCUT2D eigenvalue weighted by Gasteiger charge is 2.25. The number of rotatable bonds is 8. The standard InChI is InChI=1S/C13H21ClN4O/c1-3-7-18(9-10-5-6-10)12-15-11(14)16-13(17-12)19-8-4-2/h10H,3-9H2,1-2H3. The molecule has 2 rings (SSSR count). The predicted octanol–water partition coefficient (Wildman–Crippen LogP) is 2.94. The van der Waals surface area contributed by atoms with E-state index >= 15 is 0 Å². The first-order valence-corrected chi connectivity index (χ1v) is 7.40. The third-order valence-corrected chi connectivity index (χ3v) is 3.13. The number of anilines is 1. The monoisotopic (exact) mass is 284 g/mol.